The normalized spacial score (nSPS) is 12.4. The second-order valence-electron chi connectivity index (χ2n) is 4.56. The molecule has 1 aromatic heterocycles. The standard InChI is InChI=1S/C16H21NOS/c1-3-12-9-10-13(19-12)11-18-16-8-6-5-7-14(16)15(17)4-2/h5-10,15H,3-4,11,17H2,1-2H3/t15-/m0/s1. The van der Waals surface area contributed by atoms with Gasteiger partial charge in [-0.05, 0) is 31.0 Å². The number of thiophene rings is 1. The van der Waals surface area contributed by atoms with Crippen molar-refractivity contribution in [1.29, 1.82) is 0 Å². The van der Waals surface area contributed by atoms with Crippen molar-refractivity contribution in [3.05, 3.63) is 51.7 Å². The molecule has 2 nitrogen and oxygen atoms in total. The van der Waals surface area contributed by atoms with Crippen LogP contribution in [0.1, 0.15) is 41.6 Å². The maximum Gasteiger partial charge on any atom is 0.124 e. The second-order valence-corrected chi connectivity index (χ2v) is 5.82. The van der Waals surface area contributed by atoms with Gasteiger partial charge in [0.15, 0.2) is 0 Å². The van der Waals surface area contributed by atoms with Crippen LogP contribution in [-0.2, 0) is 13.0 Å². The van der Waals surface area contributed by atoms with Crippen molar-refractivity contribution < 1.29 is 4.74 Å². The predicted molar refractivity (Wildman–Crippen MR) is 81.7 cm³/mol. The Kier molecular flexibility index (Phi) is 5.00. The fourth-order valence-corrected chi connectivity index (χ4v) is 2.85. The summed E-state index contributed by atoms with van der Waals surface area (Å²) in [7, 11) is 0. The first-order valence-electron chi connectivity index (χ1n) is 6.79. The zero-order valence-corrected chi connectivity index (χ0v) is 12.4. The molecule has 2 N–H and O–H groups in total. The Balaban J connectivity index is 2.06. The van der Waals surface area contributed by atoms with Gasteiger partial charge in [0.05, 0.1) is 0 Å². The Hall–Kier alpha value is -1.32. The van der Waals surface area contributed by atoms with Gasteiger partial charge in [0.2, 0.25) is 0 Å². The summed E-state index contributed by atoms with van der Waals surface area (Å²) < 4.78 is 5.93. The maximum absolute atomic E-state index is 6.11. The summed E-state index contributed by atoms with van der Waals surface area (Å²) in [5.74, 6) is 0.906. The van der Waals surface area contributed by atoms with Gasteiger partial charge in [0, 0.05) is 21.4 Å². The molecule has 0 aliphatic heterocycles. The van der Waals surface area contributed by atoms with Crippen molar-refractivity contribution in [3.8, 4) is 5.75 Å². The molecule has 2 rings (SSSR count). The average Bonchev–Trinajstić information content (AvgIpc) is 2.92. The Morgan fingerprint density at radius 1 is 1.11 bits per heavy atom. The molecule has 0 spiro atoms. The molecule has 0 aliphatic rings. The van der Waals surface area contributed by atoms with Gasteiger partial charge in [-0.25, -0.2) is 0 Å². The van der Waals surface area contributed by atoms with E-state index in [1.54, 1.807) is 0 Å². The van der Waals surface area contributed by atoms with Gasteiger partial charge in [-0.15, -0.1) is 11.3 Å². The highest BCUT2D eigenvalue weighted by molar-refractivity contribution is 7.11. The third kappa shape index (κ3) is 3.58. The molecular weight excluding hydrogens is 254 g/mol. The third-order valence-electron chi connectivity index (χ3n) is 3.19. The number of ether oxygens (including phenoxy) is 1. The average molecular weight is 275 g/mol. The van der Waals surface area contributed by atoms with Gasteiger partial charge < -0.3 is 10.5 Å². The largest absolute Gasteiger partial charge is 0.488 e. The van der Waals surface area contributed by atoms with Crippen molar-refractivity contribution in [3.63, 3.8) is 0 Å². The highest BCUT2D eigenvalue weighted by Crippen LogP contribution is 2.27. The first-order chi connectivity index (χ1) is 9.24. The lowest BCUT2D eigenvalue weighted by Gasteiger charge is -2.15. The Morgan fingerprint density at radius 3 is 2.53 bits per heavy atom. The number of hydrogen-bond donors (Lipinski definition) is 1. The monoisotopic (exact) mass is 275 g/mol. The first kappa shape index (κ1) is 14.1. The highest BCUT2D eigenvalue weighted by atomic mass is 32.1. The van der Waals surface area contributed by atoms with E-state index < -0.39 is 0 Å². The molecule has 102 valence electrons. The molecule has 19 heavy (non-hydrogen) atoms. The molecule has 0 saturated heterocycles. The summed E-state index contributed by atoms with van der Waals surface area (Å²) in [5.41, 5.74) is 7.21. The minimum Gasteiger partial charge on any atom is -0.488 e. The van der Waals surface area contributed by atoms with Crippen LogP contribution in [0.3, 0.4) is 0 Å². The van der Waals surface area contributed by atoms with Gasteiger partial charge in [0.25, 0.3) is 0 Å². The smallest absolute Gasteiger partial charge is 0.124 e. The summed E-state index contributed by atoms with van der Waals surface area (Å²) in [6.45, 7) is 4.89. The molecule has 0 bridgehead atoms. The Bertz CT molecular complexity index is 521. The van der Waals surface area contributed by atoms with Crippen molar-refractivity contribution in [2.45, 2.75) is 39.3 Å². The van der Waals surface area contributed by atoms with Crippen LogP contribution in [0.4, 0.5) is 0 Å². The van der Waals surface area contributed by atoms with Gasteiger partial charge in [0.1, 0.15) is 12.4 Å². The summed E-state index contributed by atoms with van der Waals surface area (Å²) >= 11 is 1.82. The van der Waals surface area contributed by atoms with E-state index in [0.29, 0.717) is 6.61 Å². The number of benzene rings is 1. The molecule has 1 atom stereocenters. The Labute approximate surface area is 119 Å². The van der Waals surface area contributed by atoms with Crippen molar-refractivity contribution in [1.82, 2.24) is 0 Å². The molecule has 0 saturated carbocycles. The van der Waals surface area contributed by atoms with Crippen LogP contribution >= 0.6 is 11.3 Å². The van der Waals surface area contributed by atoms with Gasteiger partial charge in [-0.3, -0.25) is 0 Å². The molecule has 0 amide bonds. The van der Waals surface area contributed by atoms with E-state index in [4.69, 9.17) is 10.5 Å². The van der Waals surface area contributed by atoms with E-state index in [-0.39, 0.29) is 6.04 Å². The van der Waals surface area contributed by atoms with Crippen LogP contribution in [0.15, 0.2) is 36.4 Å². The number of rotatable bonds is 6. The van der Waals surface area contributed by atoms with Crippen LogP contribution in [0.25, 0.3) is 0 Å². The lowest BCUT2D eigenvalue weighted by molar-refractivity contribution is 0.304. The molecule has 3 heteroatoms. The van der Waals surface area contributed by atoms with Gasteiger partial charge >= 0.3 is 0 Å². The zero-order valence-electron chi connectivity index (χ0n) is 11.6. The molecule has 0 unspecified atom stereocenters. The quantitative estimate of drug-likeness (QED) is 0.853. The maximum atomic E-state index is 6.11. The molecule has 1 aromatic carbocycles. The molecule has 0 fully saturated rings. The van der Waals surface area contributed by atoms with Crippen LogP contribution in [-0.4, -0.2) is 0 Å². The fraction of sp³-hybridized carbons (Fsp3) is 0.375. The molecular formula is C16H21NOS. The summed E-state index contributed by atoms with van der Waals surface area (Å²) in [6, 6.07) is 12.4. The summed E-state index contributed by atoms with van der Waals surface area (Å²) in [4.78, 5) is 2.66. The fourth-order valence-electron chi connectivity index (χ4n) is 1.98. The van der Waals surface area contributed by atoms with Crippen molar-refractivity contribution in [2.24, 2.45) is 5.73 Å². The molecule has 0 radical (unpaired) electrons. The summed E-state index contributed by atoms with van der Waals surface area (Å²) in [6.07, 6.45) is 2.00. The molecule has 2 aromatic rings. The minimum absolute atomic E-state index is 0.0470. The second kappa shape index (κ2) is 6.73. The Morgan fingerprint density at radius 2 is 1.84 bits per heavy atom. The van der Waals surface area contributed by atoms with Crippen LogP contribution in [0.2, 0.25) is 0 Å². The van der Waals surface area contributed by atoms with E-state index in [9.17, 15) is 0 Å². The third-order valence-corrected chi connectivity index (χ3v) is 4.40. The van der Waals surface area contributed by atoms with Crippen LogP contribution < -0.4 is 10.5 Å². The van der Waals surface area contributed by atoms with Crippen molar-refractivity contribution in [2.75, 3.05) is 0 Å². The number of aryl methyl sites for hydroxylation is 1. The first-order valence-corrected chi connectivity index (χ1v) is 7.61. The lowest BCUT2D eigenvalue weighted by atomic mass is 10.0. The zero-order chi connectivity index (χ0) is 13.7. The highest BCUT2D eigenvalue weighted by Gasteiger charge is 2.10. The van der Waals surface area contributed by atoms with Crippen LogP contribution in [0.5, 0.6) is 5.75 Å². The van der Waals surface area contributed by atoms with Gasteiger partial charge in [-0.2, -0.15) is 0 Å². The molecule has 0 aliphatic carbocycles. The van der Waals surface area contributed by atoms with E-state index in [1.165, 1.54) is 9.75 Å². The minimum atomic E-state index is 0.0470. The van der Waals surface area contributed by atoms with E-state index in [1.807, 2.05) is 29.5 Å². The van der Waals surface area contributed by atoms with E-state index in [0.717, 1.165) is 24.2 Å². The number of nitrogens with two attached hydrogens (primary N) is 1. The summed E-state index contributed by atoms with van der Waals surface area (Å²) in [5, 5.41) is 0. The van der Waals surface area contributed by atoms with Crippen molar-refractivity contribution >= 4 is 11.3 Å². The van der Waals surface area contributed by atoms with E-state index in [2.05, 4.69) is 32.0 Å². The topological polar surface area (TPSA) is 35.2 Å². The predicted octanol–water partition coefficient (Wildman–Crippen LogP) is 4.30. The number of hydrogen-bond acceptors (Lipinski definition) is 3. The lowest BCUT2D eigenvalue weighted by Crippen LogP contribution is -2.10. The van der Waals surface area contributed by atoms with Gasteiger partial charge in [-0.1, -0.05) is 32.0 Å². The molecule has 1 heterocycles. The van der Waals surface area contributed by atoms with Crippen LogP contribution in [0, 0.1) is 0 Å². The number of para-hydroxylation sites is 1. The van der Waals surface area contributed by atoms with E-state index >= 15 is 0 Å². The SMILES string of the molecule is CCc1ccc(COc2ccccc2[C@@H](N)CC)s1.